The Morgan fingerprint density at radius 2 is 2.09 bits per heavy atom. The summed E-state index contributed by atoms with van der Waals surface area (Å²) in [5, 5.41) is 3.61. The smallest absolute Gasteiger partial charge is 0.251 e. The fraction of sp³-hybridized carbons (Fsp3) is 0.938. The van der Waals surface area contributed by atoms with Crippen molar-refractivity contribution in [3.8, 4) is 0 Å². The fourth-order valence-electron chi connectivity index (χ4n) is 3.66. The van der Waals surface area contributed by atoms with Crippen molar-refractivity contribution in [1.29, 1.82) is 0 Å². The first-order valence-electron chi connectivity index (χ1n) is 8.50. The lowest BCUT2D eigenvalue weighted by Gasteiger charge is -2.28. The van der Waals surface area contributed by atoms with Crippen LogP contribution in [0.1, 0.15) is 45.4 Å². The van der Waals surface area contributed by atoms with Crippen LogP contribution in [0, 0.1) is 0 Å². The summed E-state index contributed by atoms with van der Waals surface area (Å²) in [4.78, 5) is 14.5. The monoisotopic (exact) mass is 332 g/mol. The second kappa shape index (κ2) is 8.48. The minimum absolute atomic E-state index is 0. The Morgan fingerprint density at radius 3 is 2.86 bits per heavy atom. The van der Waals surface area contributed by atoms with Crippen molar-refractivity contribution in [2.24, 2.45) is 0 Å². The number of amides is 1. The quantitative estimate of drug-likeness (QED) is 0.852. The first-order chi connectivity index (χ1) is 10.2. The third kappa shape index (κ3) is 4.57. The lowest BCUT2D eigenvalue weighted by molar-refractivity contribution is -0.146. The number of hydrogen-bond donors (Lipinski definition) is 1. The van der Waals surface area contributed by atoms with E-state index in [0.717, 1.165) is 39.0 Å². The number of fused-ring (bicyclic) bond motifs is 2. The van der Waals surface area contributed by atoms with Gasteiger partial charge in [-0.25, -0.2) is 0 Å². The van der Waals surface area contributed by atoms with E-state index >= 15 is 0 Å². The van der Waals surface area contributed by atoms with Gasteiger partial charge < -0.3 is 19.7 Å². The number of nitrogens with zero attached hydrogens (tertiary/aromatic N) is 1. The second-order valence-corrected chi connectivity index (χ2v) is 6.67. The molecule has 0 aliphatic carbocycles. The molecule has 3 saturated heterocycles. The third-order valence-corrected chi connectivity index (χ3v) is 4.99. The van der Waals surface area contributed by atoms with Crippen LogP contribution in [0.4, 0.5) is 0 Å². The van der Waals surface area contributed by atoms with Gasteiger partial charge in [-0.2, -0.15) is 0 Å². The van der Waals surface area contributed by atoms with E-state index in [9.17, 15) is 4.79 Å². The Morgan fingerprint density at radius 1 is 1.27 bits per heavy atom. The van der Waals surface area contributed by atoms with Crippen LogP contribution in [0.25, 0.3) is 0 Å². The largest absolute Gasteiger partial charge is 0.376 e. The van der Waals surface area contributed by atoms with Crippen molar-refractivity contribution >= 4 is 18.3 Å². The lowest BCUT2D eigenvalue weighted by atomic mass is 10.1. The maximum Gasteiger partial charge on any atom is 0.251 e. The van der Waals surface area contributed by atoms with Crippen molar-refractivity contribution in [2.45, 2.75) is 69.7 Å². The van der Waals surface area contributed by atoms with Gasteiger partial charge >= 0.3 is 0 Å². The molecule has 3 heterocycles. The molecule has 3 rings (SSSR count). The maximum absolute atomic E-state index is 12.5. The first-order valence-corrected chi connectivity index (χ1v) is 8.50. The number of rotatable bonds is 4. The zero-order valence-corrected chi connectivity index (χ0v) is 14.3. The number of carbonyl (C=O) groups is 1. The normalized spacial score (nSPS) is 33.0. The molecule has 0 aromatic heterocycles. The zero-order valence-electron chi connectivity index (χ0n) is 13.5. The van der Waals surface area contributed by atoms with Crippen molar-refractivity contribution in [3.63, 3.8) is 0 Å². The highest BCUT2D eigenvalue weighted by Crippen LogP contribution is 2.21. The van der Waals surface area contributed by atoms with E-state index in [4.69, 9.17) is 9.47 Å². The van der Waals surface area contributed by atoms with Crippen LogP contribution in [-0.2, 0) is 14.3 Å². The van der Waals surface area contributed by atoms with Gasteiger partial charge in [0.1, 0.15) is 6.10 Å². The maximum atomic E-state index is 12.5. The molecule has 3 fully saturated rings. The summed E-state index contributed by atoms with van der Waals surface area (Å²) in [5.74, 6) is 0.139. The first kappa shape index (κ1) is 18.0. The molecule has 128 valence electrons. The number of likely N-dealkylation sites (tertiary alicyclic amines) is 1. The summed E-state index contributed by atoms with van der Waals surface area (Å²) in [6.07, 6.45) is 6.75. The number of carbonyl (C=O) groups excluding carboxylic acids is 1. The summed E-state index contributed by atoms with van der Waals surface area (Å²) in [6, 6.07) is 1.09. The van der Waals surface area contributed by atoms with E-state index in [-0.39, 0.29) is 30.5 Å². The highest BCUT2D eigenvalue weighted by molar-refractivity contribution is 5.85. The average molecular weight is 333 g/mol. The zero-order chi connectivity index (χ0) is 14.7. The minimum atomic E-state index is -0.354. The highest BCUT2D eigenvalue weighted by Gasteiger charge is 2.32. The van der Waals surface area contributed by atoms with Gasteiger partial charge in [-0.3, -0.25) is 4.79 Å². The van der Waals surface area contributed by atoms with Gasteiger partial charge in [0.15, 0.2) is 0 Å². The van der Waals surface area contributed by atoms with Crippen molar-refractivity contribution in [3.05, 3.63) is 0 Å². The van der Waals surface area contributed by atoms with Gasteiger partial charge in [0.25, 0.3) is 5.91 Å². The van der Waals surface area contributed by atoms with Gasteiger partial charge in [0.05, 0.1) is 12.7 Å². The van der Waals surface area contributed by atoms with E-state index in [1.165, 1.54) is 19.3 Å². The Hall–Kier alpha value is -0.360. The predicted octanol–water partition coefficient (Wildman–Crippen LogP) is 1.74. The molecule has 3 aliphatic heterocycles. The van der Waals surface area contributed by atoms with Crippen LogP contribution in [0.5, 0.6) is 0 Å². The topological polar surface area (TPSA) is 50.8 Å². The fourth-order valence-corrected chi connectivity index (χ4v) is 3.66. The molecule has 0 spiro atoms. The summed E-state index contributed by atoms with van der Waals surface area (Å²) in [7, 11) is 0. The molecule has 3 aliphatic rings. The van der Waals surface area contributed by atoms with Crippen molar-refractivity contribution in [2.75, 3.05) is 26.3 Å². The molecule has 0 saturated carbocycles. The van der Waals surface area contributed by atoms with Crippen molar-refractivity contribution in [1.82, 2.24) is 10.2 Å². The highest BCUT2D eigenvalue weighted by atomic mass is 35.5. The van der Waals surface area contributed by atoms with E-state index in [1.54, 1.807) is 0 Å². The molecular formula is C16H29ClN2O3. The molecule has 1 N–H and O–H groups in total. The van der Waals surface area contributed by atoms with Crippen LogP contribution in [-0.4, -0.2) is 61.4 Å². The number of hydrogen-bond acceptors (Lipinski definition) is 4. The molecule has 0 aromatic carbocycles. The number of ether oxygens (including phenoxy) is 2. The molecule has 4 unspecified atom stereocenters. The molecule has 0 radical (unpaired) electrons. The third-order valence-electron chi connectivity index (χ3n) is 4.99. The SMILES string of the molecule is CC(OCC1CCCCO1)C(=O)N1CCC2CCC(C1)N2.Cl. The van der Waals surface area contributed by atoms with Crippen LogP contribution in [0.15, 0.2) is 0 Å². The molecule has 5 nitrogen and oxygen atoms in total. The Bertz CT molecular complexity index is 363. The molecule has 4 atom stereocenters. The molecule has 0 aromatic rings. The van der Waals surface area contributed by atoms with E-state index in [1.807, 2.05) is 11.8 Å². The van der Waals surface area contributed by atoms with Gasteiger partial charge in [0.2, 0.25) is 0 Å². The molecule has 2 bridgehead atoms. The molecule has 1 amide bonds. The summed E-state index contributed by atoms with van der Waals surface area (Å²) >= 11 is 0. The summed E-state index contributed by atoms with van der Waals surface area (Å²) in [6.45, 7) is 4.95. The van der Waals surface area contributed by atoms with Crippen LogP contribution in [0.2, 0.25) is 0 Å². The minimum Gasteiger partial charge on any atom is -0.376 e. The predicted molar refractivity (Wildman–Crippen MR) is 87.4 cm³/mol. The average Bonchev–Trinajstić information content (AvgIpc) is 2.84. The standard InChI is InChI=1S/C16H28N2O3.ClH/c1-12(21-11-15-4-2-3-9-20-15)16(19)18-8-7-13-5-6-14(10-18)17-13;/h12-15,17H,2-11H2,1H3;1H. The van der Waals surface area contributed by atoms with E-state index in [0.29, 0.717) is 18.7 Å². The van der Waals surface area contributed by atoms with Crippen LogP contribution in [0.3, 0.4) is 0 Å². The Labute approximate surface area is 139 Å². The lowest BCUT2D eigenvalue weighted by Crippen LogP contribution is -2.44. The summed E-state index contributed by atoms with van der Waals surface area (Å²) < 4.78 is 11.4. The number of nitrogens with one attached hydrogen (secondary N) is 1. The Balaban J connectivity index is 0.00000176. The second-order valence-electron chi connectivity index (χ2n) is 6.67. The van der Waals surface area contributed by atoms with Gasteiger partial charge in [-0.1, -0.05) is 0 Å². The summed E-state index contributed by atoms with van der Waals surface area (Å²) in [5.41, 5.74) is 0. The van der Waals surface area contributed by atoms with Crippen LogP contribution >= 0.6 is 12.4 Å². The Kier molecular flexibility index (Phi) is 6.93. The van der Waals surface area contributed by atoms with Gasteiger partial charge in [0, 0.05) is 31.8 Å². The van der Waals surface area contributed by atoms with E-state index in [2.05, 4.69) is 5.32 Å². The van der Waals surface area contributed by atoms with Crippen molar-refractivity contribution < 1.29 is 14.3 Å². The molecule has 6 heteroatoms. The van der Waals surface area contributed by atoms with E-state index < -0.39 is 0 Å². The molecular weight excluding hydrogens is 304 g/mol. The van der Waals surface area contributed by atoms with Gasteiger partial charge in [-0.05, 0) is 45.4 Å². The number of halogens is 1. The van der Waals surface area contributed by atoms with Crippen LogP contribution < -0.4 is 5.32 Å². The van der Waals surface area contributed by atoms with Gasteiger partial charge in [-0.15, -0.1) is 12.4 Å². The molecule has 22 heavy (non-hydrogen) atoms.